The summed E-state index contributed by atoms with van der Waals surface area (Å²) in [5.41, 5.74) is 1.77. The minimum Gasteiger partial charge on any atom is -0.395 e. The van der Waals surface area contributed by atoms with Crippen molar-refractivity contribution in [2.45, 2.75) is 61.5 Å². The van der Waals surface area contributed by atoms with Crippen LogP contribution >= 0.6 is 0 Å². The van der Waals surface area contributed by atoms with Crippen LogP contribution in [0, 0.1) is 0 Å². The lowest BCUT2D eigenvalue weighted by atomic mass is 9.94. The van der Waals surface area contributed by atoms with Gasteiger partial charge in [0.2, 0.25) is 0 Å². The monoisotopic (exact) mass is 515 g/mol. The Balaban J connectivity index is 1.43. The number of nitrogens with one attached hydrogen (secondary N) is 1. The first-order chi connectivity index (χ1) is 16.7. The standard InChI is InChI=1S/C24H41N3O7S/c1-35(32,33)20-13-18(15-26-8-10-34-11-9-26)12-19(14-20)25-6-4-2-3-5-7-27-16-22(29)24(31)23(30)21(27)17-28/h12-14,21-25,28-31H,2-11,15-17H2,1H3/t21-,22+,23-,24-/m1/s1. The number of ether oxygens (including phenoxy) is 1. The zero-order chi connectivity index (χ0) is 25.4. The molecule has 10 nitrogen and oxygen atoms in total. The van der Waals surface area contributed by atoms with Crippen molar-refractivity contribution in [2.24, 2.45) is 0 Å². The highest BCUT2D eigenvalue weighted by molar-refractivity contribution is 7.90. The summed E-state index contributed by atoms with van der Waals surface area (Å²) in [5.74, 6) is 0. The molecule has 0 aromatic heterocycles. The van der Waals surface area contributed by atoms with E-state index in [2.05, 4.69) is 10.2 Å². The molecule has 2 fully saturated rings. The van der Waals surface area contributed by atoms with Crippen molar-refractivity contribution < 1.29 is 33.6 Å². The second-order valence-corrected chi connectivity index (χ2v) is 11.7. The summed E-state index contributed by atoms with van der Waals surface area (Å²) in [4.78, 5) is 4.42. The van der Waals surface area contributed by atoms with Gasteiger partial charge >= 0.3 is 0 Å². The maximum Gasteiger partial charge on any atom is 0.175 e. The summed E-state index contributed by atoms with van der Waals surface area (Å²) in [7, 11) is -3.32. The number of nitrogens with zero attached hydrogens (tertiary/aromatic N) is 2. The number of rotatable bonds is 12. The number of anilines is 1. The number of sulfone groups is 1. The minimum atomic E-state index is -3.32. The van der Waals surface area contributed by atoms with Gasteiger partial charge in [0.25, 0.3) is 0 Å². The molecular weight excluding hydrogens is 474 g/mol. The van der Waals surface area contributed by atoms with Crippen molar-refractivity contribution in [1.82, 2.24) is 9.80 Å². The van der Waals surface area contributed by atoms with E-state index in [1.54, 1.807) is 12.1 Å². The minimum absolute atomic E-state index is 0.231. The maximum absolute atomic E-state index is 12.2. The Labute approximate surface area is 208 Å². The molecule has 0 aliphatic carbocycles. The lowest BCUT2D eigenvalue weighted by Gasteiger charge is -2.43. The van der Waals surface area contributed by atoms with E-state index in [1.807, 2.05) is 11.0 Å². The quantitative estimate of drug-likeness (QED) is 0.235. The van der Waals surface area contributed by atoms with Gasteiger partial charge in [-0.15, -0.1) is 0 Å². The highest BCUT2D eigenvalue weighted by atomic mass is 32.2. The lowest BCUT2D eigenvalue weighted by Crippen LogP contribution is -2.62. The van der Waals surface area contributed by atoms with Gasteiger partial charge in [-0.3, -0.25) is 9.80 Å². The number of aliphatic hydroxyl groups excluding tert-OH is 4. The SMILES string of the molecule is CS(=O)(=O)c1cc(CN2CCOCC2)cc(NCCCCCCN2C[C@H](O)[C@@H](O)[C@H](O)[C@H]2CO)c1. The normalized spacial score (nSPS) is 26.7. The smallest absolute Gasteiger partial charge is 0.175 e. The molecule has 11 heteroatoms. The Bertz CT molecular complexity index is 895. The third kappa shape index (κ3) is 8.36. The molecule has 0 amide bonds. The fraction of sp³-hybridized carbons (Fsp3) is 0.750. The molecule has 4 atom stereocenters. The molecule has 2 aliphatic heterocycles. The molecule has 2 aliphatic rings. The van der Waals surface area contributed by atoms with E-state index in [0.717, 1.165) is 56.6 Å². The van der Waals surface area contributed by atoms with Gasteiger partial charge < -0.3 is 30.5 Å². The van der Waals surface area contributed by atoms with Gasteiger partial charge in [0.05, 0.1) is 36.9 Å². The van der Waals surface area contributed by atoms with Crippen LogP contribution in [0.2, 0.25) is 0 Å². The van der Waals surface area contributed by atoms with Crippen LogP contribution in [0.5, 0.6) is 0 Å². The van der Waals surface area contributed by atoms with Crippen LogP contribution in [0.25, 0.3) is 0 Å². The first-order valence-corrected chi connectivity index (χ1v) is 14.4. The van der Waals surface area contributed by atoms with Crippen LogP contribution < -0.4 is 5.32 Å². The predicted molar refractivity (Wildman–Crippen MR) is 133 cm³/mol. The average Bonchev–Trinajstić information content (AvgIpc) is 2.82. The van der Waals surface area contributed by atoms with Crippen molar-refractivity contribution in [1.29, 1.82) is 0 Å². The highest BCUT2D eigenvalue weighted by Crippen LogP contribution is 2.22. The molecule has 2 heterocycles. The summed E-state index contributed by atoms with van der Waals surface area (Å²) in [6.45, 7) is 5.05. The summed E-state index contributed by atoms with van der Waals surface area (Å²) in [6.07, 6.45) is 1.48. The van der Waals surface area contributed by atoms with E-state index in [1.165, 1.54) is 6.26 Å². The third-order valence-corrected chi connectivity index (χ3v) is 7.91. The number of β-amino-alcohol motifs (C(OH)–C–C–N with tert-alkyl or cyclic N) is 1. The molecule has 0 radical (unpaired) electrons. The van der Waals surface area contributed by atoms with Crippen LogP contribution in [-0.2, 0) is 21.1 Å². The van der Waals surface area contributed by atoms with Crippen molar-refractivity contribution >= 4 is 15.5 Å². The zero-order valence-electron chi connectivity index (χ0n) is 20.6. The molecule has 2 saturated heterocycles. The van der Waals surface area contributed by atoms with Gasteiger partial charge in [-0.05, 0) is 43.1 Å². The molecule has 0 unspecified atom stereocenters. The number of morpholine rings is 1. The number of likely N-dealkylation sites (tertiary alicyclic amines) is 1. The van der Waals surface area contributed by atoms with Crippen LogP contribution in [0.15, 0.2) is 23.1 Å². The van der Waals surface area contributed by atoms with E-state index in [9.17, 15) is 28.8 Å². The Morgan fingerprint density at radius 1 is 1.03 bits per heavy atom. The van der Waals surface area contributed by atoms with Crippen molar-refractivity contribution in [3.05, 3.63) is 23.8 Å². The molecule has 1 aromatic rings. The molecule has 0 bridgehead atoms. The second-order valence-electron chi connectivity index (χ2n) is 9.66. The van der Waals surface area contributed by atoms with Crippen LogP contribution in [0.3, 0.4) is 0 Å². The number of hydrogen-bond acceptors (Lipinski definition) is 10. The molecule has 35 heavy (non-hydrogen) atoms. The zero-order valence-corrected chi connectivity index (χ0v) is 21.4. The number of unbranched alkanes of at least 4 members (excludes halogenated alkanes) is 3. The van der Waals surface area contributed by atoms with E-state index < -0.39 is 34.2 Å². The summed E-state index contributed by atoms with van der Waals surface area (Å²) >= 11 is 0. The fourth-order valence-corrected chi connectivity index (χ4v) is 5.45. The number of benzene rings is 1. The van der Waals surface area contributed by atoms with Gasteiger partial charge in [0.1, 0.15) is 12.2 Å². The molecule has 1 aromatic carbocycles. The van der Waals surface area contributed by atoms with Crippen molar-refractivity contribution in [3.63, 3.8) is 0 Å². The van der Waals surface area contributed by atoms with Gasteiger partial charge in [0.15, 0.2) is 9.84 Å². The summed E-state index contributed by atoms with van der Waals surface area (Å²) in [5, 5.41) is 42.7. The van der Waals surface area contributed by atoms with Crippen molar-refractivity contribution in [3.8, 4) is 0 Å². The molecule has 0 spiro atoms. The highest BCUT2D eigenvalue weighted by Gasteiger charge is 2.40. The number of aliphatic hydroxyl groups is 4. The Hall–Kier alpha value is -1.31. The summed E-state index contributed by atoms with van der Waals surface area (Å²) in [6, 6.07) is 4.89. The largest absolute Gasteiger partial charge is 0.395 e. The van der Waals surface area contributed by atoms with Crippen LogP contribution in [-0.4, -0.2) is 122 Å². The molecule has 3 rings (SSSR count). The first-order valence-electron chi connectivity index (χ1n) is 12.5. The summed E-state index contributed by atoms with van der Waals surface area (Å²) < 4.78 is 29.8. The van der Waals surface area contributed by atoms with Crippen molar-refractivity contribution in [2.75, 3.05) is 64.1 Å². The van der Waals surface area contributed by atoms with Crippen LogP contribution in [0.4, 0.5) is 5.69 Å². The molecule has 5 N–H and O–H groups in total. The fourth-order valence-electron chi connectivity index (χ4n) is 4.75. The third-order valence-electron chi connectivity index (χ3n) is 6.82. The van der Waals surface area contributed by atoms with Gasteiger partial charge in [-0.25, -0.2) is 8.42 Å². The van der Waals surface area contributed by atoms with Crippen LogP contribution in [0.1, 0.15) is 31.2 Å². The Morgan fingerprint density at radius 3 is 2.43 bits per heavy atom. The van der Waals surface area contributed by atoms with Gasteiger partial charge in [-0.1, -0.05) is 12.8 Å². The van der Waals surface area contributed by atoms with E-state index in [-0.39, 0.29) is 13.2 Å². The topological polar surface area (TPSA) is 143 Å². The first kappa shape index (κ1) is 28.3. The lowest BCUT2D eigenvalue weighted by molar-refractivity contribution is -0.145. The van der Waals surface area contributed by atoms with E-state index >= 15 is 0 Å². The maximum atomic E-state index is 12.2. The Morgan fingerprint density at radius 2 is 1.74 bits per heavy atom. The molecule has 200 valence electrons. The number of piperidine rings is 1. The number of hydrogen-bond donors (Lipinski definition) is 5. The predicted octanol–water partition coefficient (Wildman–Crippen LogP) is -0.346. The van der Waals surface area contributed by atoms with Gasteiger partial charge in [0, 0.05) is 44.7 Å². The van der Waals surface area contributed by atoms with E-state index in [4.69, 9.17) is 4.74 Å². The molecule has 0 saturated carbocycles. The Kier molecular flexibility index (Phi) is 10.7. The van der Waals surface area contributed by atoms with E-state index in [0.29, 0.717) is 31.2 Å². The van der Waals surface area contributed by atoms with Gasteiger partial charge in [-0.2, -0.15) is 0 Å². The second kappa shape index (κ2) is 13.3. The average molecular weight is 516 g/mol. The molecular formula is C24H41N3O7S.